The quantitative estimate of drug-likeness (QED) is 0.363. The highest BCUT2D eigenvalue weighted by molar-refractivity contribution is 8.07. The Hall–Kier alpha value is -2.45. The zero-order valence-corrected chi connectivity index (χ0v) is 18.3. The molecule has 0 aliphatic heterocycles. The monoisotopic (exact) mass is 410 g/mol. The Labute approximate surface area is 180 Å². The maximum atomic E-state index is 11.2. The topological polar surface area (TPSA) is 23.5 Å². The van der Waals surface area contributed by atoms with Crippen molar-refractivity contribution in [2.24, 2.45) is 0 Å². The Bertz CT molecular complexity index is 1120. The third-order valence-corrected chi connectivity index (χ3v) is 9.54. The molecule has 4 aromatic rings. The molecule has 0 aromatic heterocycles. The third-order valence-electron chi connectivity index (χ3n) is 5.97. The maximum absolute atomic E-state index is 11.2. The van der Waals surface area contributed by atoms with Crippen LogP contribution < -0.4 is 10.6 Å². The minimum absolute atomic E-state index is 0.176. The third kappa shape index (κ3) is 3.70. The lowest BCUT2D eigenvalue weighted by Gasteiger charge is -2.48. The molecule has 0 aliphatic rings. The Morgan fingerprint density at radius 3 is 2.03 bits per heavy atom. The minimum atomic E-state index is -2.47. The zero-order chi connectivity index (χ0) is 21.1. The molecule has 0 fully saturated rings. The van der Waals surface area contributed by atoms with Crippen molar-refractivity contribution in [2.75, 3.05) is 7.05 Å². The van der Waals surface area contributed by atoms with E-state index in [4.69, 9.17) is 7.57 Å². The molecule has 1 unspecified atom stereocenters. The van der Waals surface area contributed by atoms with E-state index in [0.717, 1.165) is 21.6 Å². The number of aliphatic hydroxyl groups excluding tert-OH is 1. The van der Waals surface area contributed by atoms with Crippen LogP contribution >= 0.6 is 7.29 Å². The predicted molar refractivity (Wildman–Crippen MR) is 131 cm³/mol. The van der Waals surface area contributed by atoms with Crippen molar-refractivity contribution in [3.05, 3.63) is 109 Å². The van der Waals surface area contributed by atoms with E-state index in [0.29, 0.717) is 0 Å². The molecule has 0 heterocycles. The summed E-state index contributed by atoms with van der Waals surface area (Å²) >= 11 is 0. The van der Waals surface area contributed by atoms with Crippen LogP contribution in [0.15, 0.2) is 103 Å². The molecule has 0 aliphatic carbocycles. The number of hydrogen-bond donors (Lipinski definition) is 1. The maximum Gasteiger partial charge on any atom is 0.0975 e. The van der Waals surface area contributed by atoms with Crippen molar-refractivity contribution in [1.29, 1.82) is 0 Å². The second kappa shape index (κ2) is 8.74. The molecule has 4 heteroatoms. The van der Waals surface area contributed by atoms with Gasteiger partial charge in [0.15, 0.2) is 0 Å². The van der Waals surface area contributed by atoms with Crippen LogP contribution in [0, 0.1) is 0 Å². The van der Waals surface area contributed by atoms with Crippen molar-refractivity contribution < 1.29 is 5.11 Å². The van der Waals surface area contributed by atoms with Gasteiger partial charge in [-0.25, -0.2) is 4.67 Å². The minimum Gasteiger partial charge on any atom is -0.387 e. The van der Waals surface area contributed by atoms with Crippen molar-refractivity contribution >= 4 is 36.2 Å². The number of benzene rings is 4. The van der Waals surface area contributed by atoms with Gasteiger partial charge in [0, 0.05) is 12.4 Å². The van der Waals surface area contributed by atoms with E-state index in [1.54, 1.807) is 0 Å². The fourth-order valence-corrected chi connectivity index (χ4v) is 7.27. The van der Waals surface area contributed by atoms with Crippen LogP contribution in [0.25, 0.3) is 10.8 Å². The van der Waals surface area contributed by atoms with Crippen LogP contribution in [0.5, 0.6) is 0 Å². The summed E-state index contributed by atoms with van der Waals surface area (Å²) in [4.78, 5) is 0. The second-order valence-corrected chi connectivity index (χ2v) is 10.7. The molecule has 4 aromatic carbocycles. The molecule has 30 heavy (non-hydrogen) atoms. The number of hydrogen-bond acceptors (Lipinski definition) is 2. The average Bonchev–Trinajstić information content (AvgIpc) is 2.83. The number of likely N-dealkylation sites (N-methyl/N-ethyl adjacent to an activating group) is 1. The Morgan fingerprint density at radius 1 is 0.767 bits per heavy atom. The molecular weight excluding hydrogens is 384 g/mol. The highest BCUT2D eigenvalue weighted by Crippen LogP contribution is 2.57. The summed E-state index contributed by atoms with van der Waals surface area (Å²) in [5, 5.41) is 15.7. The SMILES string of the molecule is [B-][P+](c1ccccc1)(c1cccc2ccccc12)N(C)[C@@H](C)[C@H](O)c1ccccc1. The largest absolute Gasteiger partial charge is 0.387 e. The smallest absolute Gasteiger partial charge is 0.0975 e. The summed E-state index contributed by atoms with van der Waals surface area (Å²) in [5.41, 5.74) is 0.898. The van der Waals surface area contributed by atoms with Gasteiger partial charge in [-0.1, -0.05) is 84.9 Å². The van der Waals surface area contributed by atoms with Crippen LogP contribution in [-0.2, 0) is 0 Å². The van der Waals surface area contributed by atoms with Crippen LogP contribution in [0.1, 0.15) is 18.6 Å². The van der Waals surface area contributed by atoms with Crippen LogP contribution in [0.4, 0.5) is 0 Å². The van der Waals surface area contributed by atoms with Crippen LogP contribution in [-0.4, -0.2) is 30.4 Å². The van der Waals surface area contributed by atoms with Crippen molar-refractivity contribution in [3.63, 3.8) is 0 Å². The molecule has 149 valence electrons. The standard InChI is InChI=1S/C26H26BNOP/c1-20(26(29)22-13-5-3-6-14-22)28(2)30(27,23-16-7-4-8-17-23)25-19-11-15-21-12-9-10-18-24(21)25/h3-20,26,29H,1-2H3/t20-,26-,30?/m0/s1. The first kappa shape index (κ1) is 20.8. The lowest BCUT2D eigenvalue weighted by molar-refractivity contribution is 0.110. The molecule has 0 saturated heterocycles. The van der Waals surface area contributed by atoms with Gasteiger partial charge in [0.2, 0.25) is 0 Å². The molecule has 3 atom stereocenters. The first-order valence-corrected chi connectivity index (χ1v) is 12.0. The summed E-state index contributed by atoms with van der Waals surface area (Å²) in [6, 6.07) is 34.6. The van der Waals surface area contributed by atoms with E-state index in [2.05, 4.69) is 59.3 Å². The Balaban J connectivity index is 1.86. The zero-order valence-electron chi connectivity index (χ0n) is 17.4. The number of fused-ring (bicyclic) bond motifs is 1. The normalized spacial score (nSPS) is 15.6. The molecule has 0 saturated carbocycles. The molecule has 3 radical (unpaired) electrons. The molecule has 0 bridgehead atoms. The van der Waals surface area contributed by atoms with Crippen molar-refractivity contribution in [2.45, 2.75) is 19.1 Å². The summed E-state index contributed by atoms with van der Waals surface area (Å²) in [7, 11) is 6.97. The Kier molecular flexibility index (Phi) is 6.06. The van der Waals surface area contributed by atoms with Crippen molar-refractivity contribution in [3.8, 4) is 0 Å². The number of aliphatic hydroxyl groups is 1. The highest BCUT2D eigenvalue weighted by Gasteiger charge is 2.36. The van der Waals surface area contributed by atoms with E-state index in [-0.39, 0.29) is 6.04 Å². The first-order chi connectivity index (χ1) is 14.5. The average molecular weight is 410 g/mol. The van der Waals surface area contributed by atoms with Crippen LogP contribution in [0.3, 0.4) is 0 Å². The van der Waals surface area contributed by atoms with Gasteiger partial charge < -0.3 is 5.11 Å². The number of rotatable bonds is 6. The molecule has 4 rings (SSSR count). The second-order valence-electron chi connectivity index (χ2n) is 7.69. The molecule has 0 amide bonds. The summed E-state index contributed by atoms with van der Waals surface area (Å²) in [6.45, 7) is 2.05. The molecule has 0 spiro atoms. The fourth-order valence-electron chi connectivity index (χ4n) is 4.07. The van der Waals surface area contributed by atoms with Gasteiger partial charge in [-0.15, -0.1) is 7.29 Å². The highest BCUT2D eigenvalue weighted by atomic mass is 31.2. The van der Waals surface area contributed by atoms with Gasteiger partial charge in [-0.05, 0) is 36.1 Å². The van der Waals surface area contributed by atoms with E-state index in [9.17, 15) is 5.11 Å². The fraction of sp³-hybridized carbons (Fsp3) is 0.154. The van der Waals surface area contributed by atoms with E-state index in [1.807, 2.05) is 62.5 Å². The van der Waals surface area contributed by atoms with Gasteiger partial charge in [-0.2, -0.15) is 0 Å². The molecular formula is C26H26BNOP. The first-order valence-electron chi connectivity index (χ1n) is 10.2. The van der Waals surface area contributed by atoms with E-state index < -0.39 is 13.4 Å². The Morgan fingerprint density at radius 2 is 1.33 bits per heavy atom. The van der Waals surface area contributed by atoms with E-state index >= 15 is 0 Å². The van der Waals surface area contributed by atoms with Gasteiger partial charge in [0.05, 0.1) is 22.8 Å². The lowest BCUT2D eigenvalue weighted by Crippen LogP contribution is -2.42. The summed E-state index contributed by atoms with van der Waals surface area (Å²) < 4.78 is 2.20. The van der Waals surface area contributed by atoms with Gasteiger partial charge >= 0.3 is 0 Å². The molecule has 2 nitrogen and oxygen atoms in total. The summed E-state index contributed by atoms with van der Waals surface area (Å²) in [6.07, 6.45) is -0.641. The van der Waals surface area contributed by atoms with Crippen LogP contribution in [0.2, 0.25) is 0 Å². The van der Waals surface area contributed by atoms with E-state index in [1.165, 1.54) is 5.39 Å². The van der Waals surface area contributed by atoms with Gasteiger partial charge in [-0.3, -0.25) is 7.57 Å². The van der Waals surface area contributed by atoms with Gasteiger partial charge in [0.1, 0.15) is 0 Å². The van der Waals surface area contributed by atoms with Gasteiger partial charge in [0.25, 0.3) is 0 Å². The predicted octanol–water partition coefficient (Wildman–Crippen LogP) is 4.86. The lowest BCUT2D eigenvalue weighted by atomic mass is 10.0. The molecule has 1 N–H and O–H groups in total. The number of nitrogens with zero attached hydrogens (tertiary/aromatic N) is 1. The summed E-state index contributed by atoms with van der Waals surface area (Å²) in [5.74, 6) is 0. The van der Waals surface area contributed by atoms with Crippen molar-refractivity contribution in [1.82, 2.24) is 4.67 Å².